The molecule has 6 heteroatoms. The normalized spacial score (nSPS) is 19.0. The quantitative estimate of drug-likeness (QED) is 0.635. The number of urea groups is 1. The lowest BCUT2D eigenvalue weighted by Crippen LogP contribution is -2.50. The average Bonchev–Trinajstić information content (AvgIpc) is 2.26. The van der Waals surface area contributed by atoms with Crippen LogP contribution >= 0.6 is 0 Å². The van der Waals surface area contributed by atoms with Crippen LogP contribution in [0, 0.1) is 5.41 Å². The fraction of sp³-hybridized carbons (Fsp3) is 0.667. The fourth-order valence-corrected chi connectivity index (χ4v) is 1.64. The molecule has 0 aromatic heterocycles. The number of carboxylic acids is 1. The highest BCUT2D eigenvalue weighted by Gasteiger charge is 2.43. The molecule has 0 saturated carbocycles. The lowest BCUT2D eigenvalue weighted by atomic mass is 9.86. The first kappa shape index (κ1) is 11.5. The summed E-state index contributed by atoms with van der Waals surface area (Å²) in [6.45, 7) is 4.94. The fourth-order valence-electron chi connectivity index (χ4n) is 1.64. The van der Waals surface area contributed by atoms with E-state index in [-0.39, 0.29) is 6.54 Å². The molecule has 2 N–H and O–H groups in total. The van der Waals surface area contributed by atoms with Gasteiger partial charge in [-0.1, -0.05) is 20.8 Å². The number of hydrogen-bond acceptors (Lipinski definition) is 3. The minimum absolute atomic E-state index is 0.187. The van der Waals surface area contributed by atoms with Gasteiger partial charge >= 0.3 is 12.0 Å². The van der Waals surface area contributed by atoms with Gasteiger partial charge in [0.1, 0.15) is 12.6 Å². The Balaban J connectivity index is 2.96. The van der Waals surface area contributed by atoms with Crippen molar-refractivity contribution in [2.24, 2.45) is 5.41 Å². The molecule has 1 atom stereocenters. The summed E-state index contributed by atoms with van der Waals surface area (Å²) in [5.74, 6) is -1.57. The third kappa shape index (κ3) is 2.26. The zero-order valence-corrected chi connectivity index (χ0v) is 8.90. The van der Waals surface area contributed by atoms with Crippen molar-refractivity contribution in [3.63, 3.8) is 0 Å². The van der Waals surface area contributed by atoms with Gasteiger partial charge in [0, 0.05) is 0 Å². The number of hydrogen-bond donors (Lipinski definition) is 2. The predicted octanol–water partition coefficient (Wildman–Crippen LogP) is 0.0375. The zero-order chi connectivity index (χ0) is 11.8. The molecule has 15 heavy (non-hydrogen) atoms. The Labute approximate surface area is 87.2 Å². The maximum Gasteiger partial charge on any atom is 0.327 e. The molecule has 0 bridgehead atoms. The van der Waals surface area contributed by atoms with E-state index in [0.717, 1.165) is 4.90 Å². The van der Waals surface area contributed by atoms with Gasteiger partial charge in [0.2, 0.25) is 5.91 Å². The standard InChI is InChI=1S/C9H14N2O4/c1-9(2,3)6(7(13)14)11-4-5(12)10-8(11)15/h6H,4H2,1-3H3,(H,13,14)(H,10,12,15)/t6-/m1/s1. The maximum atomic E-state index is 11.3. The number of carboxylic acid groups (broad SMARTS) is 1. The number of amides is 3. The first-order chi connectivity index (χ1) is 6.73. The van der Waals surface area contributed by atoms with E-state index >= 15 is 0 Å². The number of carbonyl (C=O) groups excluding carboxylic acids is 2. The Kier molecular flexibility index (Phi) is 2.70. The van der Waals surface area contributed by atoms with Gasteiger partial charge < -0.3 is 10.0 Å². The summed E-state index contributed by atoms with van der Waals surface area (Å²) >= 11 is 0. The Hall–Kier alpha value is -1.59. The van der Waals surface area contributed by atoms with Crippen molar-refractivity contribution in [2.45, 2.75) is 26.8 Å². The van der Waals surface area contributed by atoms with Crippen LogP contribution in [0.5, 0.6) is 0 Å². The van der Waals surface area contributed by atoms with E-state index in [0.29, 0.717) is 0 Å². The molecule has 1 aliphatic heterocycles. The van der Waals surface area contributed by atoms with Crippen LogP contribution in [-0.4, -0.2) is 40.5 Å². The highest BCUT2D eigenvalue weighted by atomic mass is 16.4. The zero-order valence-electron chi connectivity index (χ0n) is 8.90. The lowest BCUT2D eigenvalue weighted by Gasteiger charge is -2.33. The van der Waals surface area contributed by atoms with Crippen LogP contribution in [0.4, 0.5) is 4.79 Å². The van der Waals surface area contributed by atoms with E-state index in [9.17, 15) is 14.4 Å². The van der Waals surface area contributed by atoms with Gasteiger partial charge in [0.15, 0.2) is 0 Å². The average molecular weight is 214 g/mol. The van der Waals surface area contributed by atoms with E-state index in [1.165, 1.54) is 0 Å². The van der Waals surface area contributed by atoms with E-state index in [1.54, 1.807) is 20.8 Å². The van der Waals surface area contributed by atoms with Crippen molar-refractivity contribution in [2.75, 3.05) is 6.54 Å². The molecule has 0 radical (unpaired) electrons. The number of carbonyl (C=O) groups is 3. The third-order valence-electron chi connectivity index (χ3n) is 2.19. The Morgan fingerprint density at radius 2 is 2.00 bits per heavy atom. The summed E-state index contributed by atoms with van der Waals surface area (Å²) in [5, 5.41) is 11.1. The Bertz CT molecular complexity index is 319. The van der Waals surface area contributed by atoms with Crippen molar-refractivity contribution in [1.82, 2.24) is 10.2 Å². The highest BCUT2D eigenvalue weighted by Crippen LogP contribution is 2.25. The van der Waals surface area contributed by atoms with Crippen LogP contribution in [0.1, 0.15) is 20.8 Å². The van der Waals surface area contributed by atoms with Gasteiger partial charge in [0.05, 0.1) is 0 Å². The van der Waals surface area contributed by atoms with Gasteiger partial charge in [-0.2, -0.15) is 0 Å². The largest absolute Gasteiger partial charge is 0.480 e. The van der Waals surface area contributed by atoms with Crippen LogP contribution in [-0.2, 0) is 9.59 Å². The second kappa shape index (κ2) is 3.52. The highest BCUT2D eigenvalue weighted by molar-refractivity contribution is 6.03. The smallest absolute Gasteiger partial charge is 0.327 e. The SMILES string of the molecule is CC(C)(C)[C@@H](C(=O)O)N1CC(=O)NC1=O. The minimum Gasteiger partial charge on any atom is -0.480 e. The van der Waals surface area contributed by atoms with Crippen molar-refractivity contribution >= 4 is 17.9 Å². The first-order valence-electron chi connectivity index (χ1n) is 4.56. The molecule has 0 aromatic rings. The minimum atomic E-state index is -1.10. The molecule has 1 rings (SSSR count). The predicted molar refractivity (Wildman–Crippen MR) is 51.1 cm³/mol. The van der Waals surface area contributed by atoms with Gasteiger partial charge in [-0.3, -0.25) is 10.1 Å². The van der Waals surface area contributed by atoms with Gasteiger partial charge in [-0.15, -0.1) is 0 Å². The third-order valence-corrected chi connectivity index (χ3v) is 2.19. The van der Waals surface area contributed by atoms with E-state index in [1.807, 2.05) is 0 Å². The van der Waals surface area contributed by atoms with Crippen molar-refractivity contribution in [3.8, 4) is 0 Å². The molecule has 1 saturated heterocycles. The molecule has 0 aromatic carbocycles. The van der Waals surface area contributed by atoms with Crippen molar-refractivity contribution < 1.29 is 19.5 Å². The molecule has 1 fully saturated rings. The molecular weight excluding hydrogens is 200 g/mol. The van der Waals surface area contributed by atoms with Gasteiger partial charge in [0.25, 0.3) is 0 Å². The molecular formula is C9H14N2O4. The van der Waals surface area contributed by atoms with Gasteiger partial charge in [-0.25, -0.2) is 9.59 Å². The molecule has 1 heterocycles. The van der Waals surface area contributed by atoms with Gasteiger partial charge in [-0.05, 0) is 5.41 Å². The summed E-state index contributed by atoms with van der Waals surface area (Å²) < 4.78 is 0. The molecule has 6 nitrogen and oxygen atoms in total. The molecule has 84 valence electrons. The second-order valence-electron chi connectivity index (χ2n) is 4.59. The van der Waals surface area contributed by atoms with Crippen molar-refractivity contribution in [1.29, 1.82) is 0 Å². The van der Waals surface area contributed by atoms with Crippen LogP contribution in [0.3, 0.4) is 0 Å². The topological polar surface area (TPSA) is 86.7 Å². The van der Waals surface area contributed by atoms with E-state index < -0.39 is 29.4 Å². The van der Waals surface area contributed by atoms with Crippen LogP contribution in [0.25, 0.3) is 0 Å². The number of imide groups is 1. The molecule has 0 spiro atoms. The number of nitrogens with zero attached hydrogens (tertiary/aromatic N) is 1. The first-order valence-corrected chi connectivity index (χ1v) is 4.56. The molecule has 3 amide bonds. The second-order valence-corrected chi connectivity index (χ2v) is 4.59. The summed E-state index contributed by atoms with van der Waals surface area (Å²) in [6, 6.07) is -1.63. The Morgan fingerprint density at radius 1 is 1.47 bits per heavy atom. The Morgan fingerprint density at radius 3 is 2.27 bits per heavy atom. The molecule has 1 aliphatic rings. The maximum absolute atomic E-state index is 11.3. The number of nitrogens with one attached hydrogen (secondary N) is 1. The number of rotatable bonds is 2. The molecule has 0 unspecified atom stereocenters. The lowest BCUT2D eigenvalue weighted by molar-refractivity contribution is -0.145. The molecule has 0 aliphatic carbocycles. The number of aliphatic carboxylic acids is 1. The van der Waals surface area contributed by atoms with Crippen LogP contribution < -0.4 is 5.32 Å². The summed E-state index contributed by atoms with van der Waals surface area (Å²) in [4.78, 5) is 34.4. The van der Waals surface area contributed by atoms with Crippen molar-refractivity contribution in [3.05, 3.63) is 0 Å². The van der Waals surface area contributed by atoms with Crippen LogP contribution in [0.15, 0.2) is 0 Å². The monoisotopic (exact) mass is 214 g/mol. The van der Waals surface area contributed by atoms with E-state index in [4.69, 9.17) is 5.11 Å². The van der Waals surface area contributed by atoms with Crippen LogP contribution in [0.2, 0.25) is 0 Å². The summed E-state index contributed by atoms with van der Waals surface area (Å²) in [5.41, 5.74) is -0.617. The summed E-state index contributed by atoms with van der Waals surface area (Å²) in [7, 11) is 0. The van der Waals surface area contributed by atoms with E-state index in [2.05, 4.69) is 5.32 Å². The summed E-state index contributed by atoms with van der Waals surface area (Å²) in [6.07, 6.45) is 0.